The van der Waals surface area contributed by atoms with Crippen molar-refractivity contribution in [1.82, 2.24) is 54.8 Å². The van der Waals surface area contributed by atoms with E-state index in [-0.39, 0.29) is 58.7 Å². The first-order valence-electron chi connectivity index (χ1n) is 40.2. The largest absolute Gasteiger partial charge is 0.378 e. The number of likely N-dealkylation sites (tertiary alicyclic amines) is 3. The molecule has 24 heteroatoms. The van der Waals surface area contributed by atoms with Crippen molar-refractivity contribution in [2.75, 3.05) is 163 Å². The minimum Gasteiger partial charge on any atom is -0.378 e. The Labute approximate surface area is 636 Å². The highest BCUT2D eigenvalue weighted by atomic mass is 32.2. The second kappa shape index (κ2) is 43.4. The zero-order valence-corrected chi connectivity index (χ0v) is 73.0. The van der Waals surface area contributed by atoms with Gasteiger partial charge >= 0.3 is 0 Å². The molecule has 0 bridgehead atoms. The van der Waals surface area contributed by atoms with Gasteiger partial charge in [0.2, 0.25) is 10.0 Å². The molecule has 7 aliphatic heterocycles. The van der Waals surface area contributed by atoms with Gasteiger partial charge in [-0.1, -0.05) is 13.3 Å². The summed E-state index contributed by atoms with van der Waals surface area (Å²) in [5, 5.41) is 17.5. The predicted octanol–water partition coefficient (Wildman–Crippen LogP) is 11.9. The van der Waals surface area contributed by atoms with Crippen LogP contribution in [0.2, 0.25) is 0 Å². The Kier molecular flexibility index (Phi) is 40.6. The molecule has 2 saturated carbocycles. The summed E-state index contributed by atoms with van der Waals surface area (Å²) >= 11 is 0. The van der Waals surface area contributed by atoms with Crippen molar-refractivity contribution >= 4 is 25.6 Å². The first-order chi connectivity index (χ1) is 47.4. The molecule has 9 rings (SSSR count). The van der Waals surface area contributed by atoms with Gasteiger partial charge in [-0.05, 0) is 260 Å². The maximum atomic E-state index is 14.4. The van der Waals surface area contributed by atoms with Crippen LogP contribution in [0.15, 0.2) is 0 Å². The van der Waals surface area contributed by atoms with Crippen LogP contribution in [0.25, 0.3) is 0 Å². The van der Waals surface area contributed by atoms with Crippen LogP contribution in [0.4, 0.5) is 17.6 Å². The molecule has 5 unspecified atom stereocenters. The second-order valence-electron chi connectivity index (χ2n) is 39.7. The summed E-state index contributed by atoms with van der Waals surface area (Å²) in [6.45, 7) is 67.7. The highest BCUT2D eigenvalue weighted by Gasteiger charge is 2.42. The van der Waals surface area contributed by atoms with Crippen molar-refractivity contribution < 1.29 is 49.1 Å². The number of halogens is 4. The summed E-state index contributed by atoms with van der Waals surface area (Å²) in [4.78, 5) is 9.15. The number of piperidine rings is 1. The average Bonchev–Trinajstić information content (AvgIpc) is 1.65. The highest BCUT2D eigenvalue weighted by molar-refractivity contribution is 7.97. The molecule has 0 radical (unpaired) electrons. The fourth-order valence-corrected chi connectivity index (χ4v) is 16.0. The van der Waals surface area contributed by atoms with Crippen molar-refractivity contribution in [2.45, 2.75) is 318 Å². The Balaban J connectivity index is 0.000000316. The zero-order valence-electron chi connectivity index (χ0n) is 71.3. The molecule has 9 aliphatic rings. The van der Waals surface area contributed by atoms with Gasteiger partial charge in [-0.25, -0.2) is 30.2 Å². The topological polar surface area (TPSA) is 168 Å². The Morgan fingerprint density at radius 3 is 1.45 bits per heavy atom. The van der Waals surface area contributed by atoms with Gasteiger partial charge in [0.05, 0.1) is 69.3 Å². The highest BCUT2D eigenvalue weighted by Crippen LogP contribution is 2.36. The monoisotopic (exact) mass is 1530 g/mol. The van der Waals surface area contributed by atoms with E-state index < -0.39 is 37.7 Å². The number of ether oxygens (including phenoxy) is 4. The molecule has 7 heterocycles. The van der Waals surface area contributed by atoms with Crippen LogP contribution in [0, 0.1) is 29.6 Å². The van der Waals surface area contributed by atoms with Gasteiger partial charge in [-0.2, -0.15) is 0 Å². The number of nitrogens with zero attached hydrogens (tertiary/aromatic N) is 6. The fraction of sp³-hybridized carbons (Fsp3) is 0.988. The third-order valence-electron chi connectivity index (χ3n) is 19.9. The van der Waals surface area contributed by atoms with Crippen LogP contribution in [-0.4, -0.2) is 297 Å². The first kappa shape index (κ1) is 97.3. The second-order valence-corrected chi connectivity index (χ2v) is 44.1. The molecule has 2 aliphatic carbocycles. The Bertz CT molecular complexity index is 2570. The normalized spacial score (nSPS) is 27.9. The molecule has 5 N–H and O–H groups in total. The standard InChI is InChI=1S/C13H24FNO2.C13H24FNO.C12H25FN2O.C11H23FN2.C11H23N.C10H22N2O2S.C10H22N2OS/c1-13(2,3)17-7-11-6-15(5-10(11)4-14)12-8-16-9-12;1-12(2,3)16-10-13(14)6-8-15(9-7-13)11-4-5-11;1-10(13)8-15-5-6-16-11(9-15)7-14-12(2,3)4;1-9(12)7-14-6-5-10(8-14)13-11(2,3)4;1-9-5-6-10(7-9)8-12-11(2,3)4;1-10(2,3)11-7-9-5-6-12(8-9)15(4,13)14;1-10(2,3)11-9-6-7-12(8-9)14(4,5)13/h10-12H,4-9H2,1-3H3;11H,4-10H2,1-3H3;10-11,14H,5-9H2,1-4H3;9-10,13H,5-8H2,1-4H3;9-10,12H,5-8H2,1-4H3;9,11H,5-8H2,1-4H3;9,11H,4,6-8H2,1-3,5H3/t10-,11+;;;9?,10-;9-,10-;;9-,14?/m0..11.1/s1. The molecule has 11 atom stereocenters. The molecule has 104 heavy (non-hydrogen) atoms. The summed E-state index contributed by atoms with van der Waals surface area (Å²) in [5.41, 5.74) is -0.624. The molecule has 18 nitrogen and oxygen atoms in total. The van der Waals surface area contributed by atoms with Crippen molar-refractivity contribution in [2.24, 2.45) is 29.6 Å². The third kappa shape index (κ3) is 45.6. The summed E-state index contributed by atoms with van der Waals surface area (Å²) in [6.07, 6.45) is 13.1. The SMILES string of the molecule is C=S(C)(=O)N1CC[C@@H](NC(C)(C)C)C1.CC(C)(C)NCC1CCN(S(C)(=O)=O)C1.CC(C)(C)OCC1(F)CCN(C2CC2)CC1.CC(C)(C)OC[C@H]1CN(C2COC2)C[C@@H]1CF.CC(F)CN1CCOC(CNC(C)(C)C)C1.CC(F)CN1CC[C@@H](NC(C)(C)C)C1.C[C@@H]1CC[C@@H](CNC(C)(C)C)C1. The fourth-order valence-electron chi connectivity index (χ4n) is 14.1. The lowest BCUT2D eigenvalue weighted by Crippen LogP contribution is -2.50. The van der Waals surface area contributed by atoms with E-state index in [1.54, 1.807) is 24.4 Å². The van der Waals surface area contributed by atoms with E-state index in [1.807, 2.05) is 45.8 Å². The number of nitrogens with one attached hydrogen (secondary N) is 5. The molecule has 620 valence electrons. The maximum Gasteiger partial charge on any atom is 0.211 e. The molecular weight excluding hydrogens is 1370 g/mol. The van der Waals surface area contributed by atoms with Crippen LogP contribution in [-0.2, 0) is 38.7 Å². The lowest BCUT2D eigenvalue weighted by atomic mass is 9.94. The molecule has 0 aromatic rings. The smallest absolute Gasteiger partial charge is 0.211 e. The van der Waals surface area contributed by atoms with Crippen LogP contribution in [0.5, 0.6) is 0 Å². The van der Waals surface area contributed by atoms with E-state index in [0.29, 0.717) is 87.7 Å². The van der Waals surface area contributed by atoms with Crippen LogP contribution >= 0.6 is 0 Å². The van der Waals surface area contributed by atoms with Gasteiger partial charge in [0.25, 0.3) is 0 Å². The Hall–Kier alpha value is -0.910. The first-order valence-corrected chi connectivity index (χ1v) is 44.1. The van der Waals surface area contributed by atoms with E-state index in [4.69, 9.17) is 18.9 Å². The van der Waals surface area contributed by atoms with Crippen molar-refractivity contribution in [3.8, 4) is 0 Å². The number of sulfonamides is 1. The van der Waals surface area contributed by atoms with Gasteiger partial charge < -0.3 is 50.4 Å². The number of rotatable bonds is 21. The van der Waals surface area contributed by atoms with Crippen molar-refractivity contribution in [1.29, 1.82) is 0 Å². The molecule has 0 spiro atoms. The van der Waals surface area contributed by atoms with Crippen LogP contribution < -0.4 is 26.6 Å². The lowest BCUT2D eigenvalue weighted by Gasteiger charge is -2.37. The Morgan fingerprint density at radius 1 is 0.538 bits per heavy atom. The molecule has 7 saturated heterocycles. The molecular formula is C80H163F4N11O7S2. The van der Waals surface area contributed by atoms with Gasteiger partial charge in [0.1, 0.15) is 18.0 Å². The van der Waals surface area contributed by atoms with E-state index >= 15 is 0 Å². The van der Waals surface area contributed by atoms with Crippen LogP contribution in [0.1, 0.15) is 230 Å². The lowest BCUT2D eigenvalue weighted by molar-refractivity contribution is -0.0838. The van der Waals surface area contributed by atoms with Crippen LogP contribution in [0.3, 0.4) is 0 Å². The zero-order chi connectivity index (χ0) is 79.1. The van der Waals surface area contributed by atoms with Gasteiger partial charge in [-0.15, -0.1) is 0 Å². The molecule has 0 aromatic heterocycles. The minimum absolute atomic E-state index is 0.110. The summed E-state index contributed by atoms with van der Waals surface area (Å²) in [7, 11) is -4.98. The van der Waals surface area contributed by atoms with Gasteiger partial charge in [-0.3, -0.25) is 23.3 Å². The van der Waals surface area contributed by atoms with E-state index in [1.165, 1.54) is 44.9 Å². The van der Waals surface area contributed by atoms with Crippen molar-refractivity contribution in [3.63, 3.8) is 0 Å². The summed E-state index contributed by atoms with van der Waals surface area (Å²) < 4.78 is 113. The van der Waals surface area contributed by atoms with E-state index in [9.17, 15) is 30.2 Å². The molecule has 0 amide bonds. The predicted molar refractivity (Wildman–Crippen MR) is 432 cm³/mol. The summed E-state index contributed by atoms with van der Waals surface area (Å²) in [6, 6.07) is 2.28. The van der Waals surface area contributed by atoms with Gasteiger partial charge in [0.15, 0.2) is 0 Å². The van der Waals surface area contributed by atoms with E-state index in [0.717, 1.165) is 129 Å². The van der Waals surface area contributed by atoms with Crippen molar-refractivity contribution in [3.05, 3.63) is 0 Å². The van der Waals surface area contributed by atoms with Gasteiger partial charge in [0, 0.05) is 165 Å². The number of morpholine rings is 1. The summed E-state index contributed by atoms with van der Waals surface area (Å²) in [5.74, 6) is 6.55. The number of hydrogen-bond donors (Lipinski definition) is 5. The van der Waals surface area contributed by atoms with E-state index in [2.05, 4.69) is 163 Å². The molecule has 9 fully saturated rings. The Morgan fingerprint density at radius 2 is 1.03 bits per heavy atom. The number of alkyl halides is 4. The third-order valence-corrected chi connectivity index (χ3v) is 22.6. The maximum absolute atomic E-state index is 14.4. The number of hydrogen-bond acceptors (Lipinski definition) is 16. The average molecular weight is 1530 g/mol. The quantitative estimate of drug-likeness (QED) is 0.0543. The molecule has 0 aromatic carbocycles. The minimum atomic E-state index is -2.98.